The first-order chi connectivity index (χ1) is 6.82. The van der Waals surface area contributed by atoms with Crippen molar-refractivity contribution in [3.8, 4) is 0 Å². The van der Waals surface area contributed by atoms with Gasteiger partial charge in [-0.1, -0.05) is 0 Å². The second-order valence-corrected chi connectivity index (χ2v) is 3.14. The van der Waals surface area contributed by atoms with Gasteiger partial charge in [0.25, 0.3) is 0 Å². The van der Waals surface area contributed by atoms with Crippen LogP contribution >= 0.6 is 0 Å². The van der Waals surface area contributed by atoms with Crippen molar-refractivity contribution in [2.75, 3.05) is 13.1 Å². The summed E-state index contributed by atoms with van der Waals surface area (Å²) < 4.78 is 0. The fourth-order valence-electron chi connectivity index (χ4n) is 1.10. The third kappa shape index (κ3) is 15.4. The Morgan fingerprint density at radius 1 is 0.889 bits per heavy atom. The van der Waals surface area contributed by atoms with Gasteiger partial charge in [0, 0.05) is 6.04 Å². The van der Waals surface area contributed by atoms with E-state index in [-0.39, 0.29) is 95.1 Å². The van der Waals surface area contributed by atoms with E-state index < -0.39 is 37.0 Å². The Kier molecular flexibility index (Phi) is 22.7. The van der Waals surface area contributed by atoms with Gasteiger partial charge in [-0.2, -0.15) is 0 Å². The molecule has 0 heterocycles. The van der Waals surface area contributed by atoms with Crippen molar-refractivity contribution in [1.82, 2.24) is 4.90 Å². The third-order valence-corrected chi connectivity index (χ3v) is 1.77. The SMILES string of the molecule is CC(CC(=O)O)N(CC(=O)O)CC(=O)O.[NaH].[NaH].[NaH]. The summed E-state index contributed by atoms with van der Waals surface area (Å²) in [5.41, 5.74) is 0. The standard InChI is InChI=1S/C8H13NO6.3Na.3H/c1-5(2-6(10)11)9(3-7(12)13)4-8(14)15;;;;;;/h5H,2-4H2,1H3,(H,10,11)(H,12,13)(H,14,15);;;;;;. The van der Waals surface area contributed by atoms with Crippen LogP contribution in [-0.4, -0.2) is 146 Å². The molecule has 1 atom stereocenters. The van der Waals surface area contributed by atoms with Gasteiger partial charge in [0.05, 0.1) is 19.5 Å². The predicted molar refractivity (Wildman–Crippen MR) is 70.0 cm³/mol. The van der Waals surface area contributed by atoms with E-state index in [2.05, 4.69) is 0 Å². The summed E-state index contributed by atoms with van der Waals surface area (Å²) in [7, 11) is 0. The zero-order chi connectivity index (χ0) is 12.0. The zero-order valence-corrected chi connectivity index (χ0v) is 8.21. The van der Waals surface area contributed by atoms with Gasteiger partial charge in [-0.05, 0) is 6.92 Å². The number of carbonyl (C=O) groups is 3. The molecular weight excluding hydrogens is 275 g/mol. The molecule has 0 fully saturated rings. The summed E-state index contributed by atoms with van der Waals surface area (Å²) in [4.78, 5) is 32.2. The molecular formula is C8H16NNa3O6. The molecule has 3 N–H and O–H groups in total. The Labute approximate surface area is 171 Å². The van der Waals surface area contributed by atoms with Gasteiger partial charge in [-0.25, -0.2) is 0 Å². The molecule has 10 heteroatoms. The quantitative estimate of drug-likeness (QED) is 0.440. The molecule has 0 saturated carbocycles. The molecule has 1 unspecified atom stereocenters. The van der Waals surface area contributed by atoms with E-state index in [1.54, 1.807) is 0 Å². The molecule has 18 heavy (non-hydrogen) atoms. The molecule has 0 aliphatic carbocycles. The maximum atomic E-state index is 10.4. The minimum atomic E-state index is -1.19. The number of rotatable bonds is 7. The summed E-state index contributed by atoms with van der Waals surface area (Å²) in [6, 6.07) is -0.630. The van der Waals surface area contributed by atoms with E-state index in [0.717, 1.165) is 4.90 Å². The van der Waals surface area contributed by atoms with Crippen molar-refractivity contribution in [1.29, 1.82) is 0 Å². The van der Waals surface area contributed by atoms with Crippen molar-refractivity contribution >= 4 is 107 Å². The number of carboxylic acids is 3. The molecule has 0 aromatic heterocycles. The van der Waals surface area contributed by atoms with Gasteiger partial charge >= 0.3 is 107 Å². The number of hydrogen-bond acceptors (Lipinski definition) is 4. The van der Waals surface area contributed by atoms with Crippen LogP contribution in [0.25, 0.3) is 0 Å². The van der Waals surface area contributed by atoms with Crippen LogP contribution in [0.5, 0.6) is 0 Å². The minimum absolute atomic E-state index is 0. The second-order valence-electron chi connectivity index (χ2n) is 3.14. The van der Waals surface area contributed by atoms with Crippen molar-refractivity contribution < 1.29 is 29.7 Å². The van der Waals surface area contributed by atoms with Gasteiger partial charge in [-0.3, -0.25) is 19.3 Å². The van der Waals surface area contributed by atoms with Gasteiger partial charge in [0.2, 0.25) is 0 Å². The fraction of sp³-hybridized carbons (Fsp3) is 0.625. The van der Waals surface area contributed by atoms with Crippen molar-refractivity contribution in [2.24, 2.45) is 0 Å². The topological polar surface area (TPSA) is 115 Å². The van der Waals surface area contributed by atoms with Crippen LogP contribution in [0.3, 0.4) is 0 Å². The van der Waals surface area contributed by atoms with Crippen LogP contribution in [0, 0.1) is 0 Å². The van der Waals surface area contributed by atoms with Crippen LogP contribution in [0.2, 0.25) is 0 Å². The van der Waals surface area contributed by atoms with Crippen LogP contribution in [0.15, 0.2) is 0 Å². The molecule has 0 spiro atoms. The van der Waals surface area contributed by atoms with Gasteiger partial charge in [0.15, 0.2) is 0 Å². The van der Waals surface area contributed by atoms with Crippen LogP contribution in [0.1, 0.15) is 13.3 Å². The Hall–Kier alpha value is 1.37. The molecule has 0 aliphatic rings. The molecule has 0 radical (unpaired) electrons. The van der Waals surface area contributed by atoms with Gasteiger partial charge in [0.1, 0.15) is 0 Å². The molecule has 0 aromatic rings. The fourth-order valence-corrected chi connectivity index (χ4v) is 1.10. The molecule has 7 nitrogen and oxygen atoms in total. The Balaban J connectivity index is -0.000000327. The monoisotopic (exact) mass is 291 g/mol. The Morgan fingerprint density at radius 3 is 1.44 bits per heavy atom. The van der Waals surface area contributed by atoms with E-state index >= 15 is 0 Å². The summed E-state index contributed by atoms with van der Waals surface area (Å²) in [5, 5.41) is 25.5. The van der Waals surface area contributed by atoms with Gasteiger partial charge in [-0.15, -0.1) is 0 Å². The average Bonchev–Trinajstić information content (AvgIpc) is 1.99. The molecule has 92 valence electrons. The van der Waals surface area contributed by atoms with Gasteiger partial charge < -0.3 is 15.3 Å². The molecule has 0 aromatic carbocycles. The maximum absolute atomic E-state index is 10.4. The summed E-state index contributed by atoms with van der Waals surface area (Å²) in [5.74, 6) is -3.47. The normalized spacial score (nSPS) is 10.3. The van der Waals surface area contributed by atoms with Crippen LogP contribution in [0.4, 0.5) is 0 Å². The molecule has 0 bridgehead atoms. The van der Waals surface area contributed by atoms with Crippen molar-refractivity contribution in [3.63, 3.8) is 0 Å². The second kappa shape index (κ2) is 14.8. The number of aliphatic carboxylic acids is 3. The zero-order valence-electron chi connectivity index (χ0n) is 8.21. The first-order valence-electron chi connectivity index (χ1n) is 4.22. The van der Waals surface area contributed by atoms with E-state index in [4.69, 9.17) is 15.3 Å². The third-order valence-electron chi connectivity index (χ3n) is 1.77. The molecule has 0 saturated heterocycles. The first-order valence-corrected chi connectivity index (χ1v) is 4.22. The van der Waals surface area contributed by atoms with E-state index in [1.807, 2.05) is 0 Å². The predicted octanol–water partition coefficient (Wildman–Crippen LogP) is -2.62. The Morgan fingerprint density at radius 2 is 1.22 bits per heavy atom. The molecule has 0 amide bonds. The van der Waals surface area contributed by atoms with Crippen molar-refractivity contribution in [2.45, 2.75) is 19.4 Å². The first kappa shape index (κ1) is 27.7. The van der Waals surface area contributed by atoms with Crippen LogP contribution in [-0.2, 0) is 14.4 Å². The summed E-state index contributed by atoms with van der Waals surface area (Å²) >= 11 is 0. The number of nitrogens with zero attached hydrogens (tertiary/aromatic N) is 1. The van der Waals surface area contributed by atoms with E-state index in [0.29, 0.717) is 0 Å². The number of hydrogen-bond donors (Lipinski definition) is 3. The van der Waals surface area contributed by atoms with Crippen molar-refractivity contribution in [3.05, 3.63) is 0 Å². The average molecular weight is 291 g/mol. The van der Waals surface area contributed by atoms with E-state index in [1.165, 1.54) is 6.92 Å². The molecule has 0 aliphatic heterocycles. The van der Waals surface area contributed by atoms with Crippen LogP contribution < -0.4 is 0 Å². The van der Waals surface area contributed by atoms with E-state index in [9.17, 15) is 14.4 Å². The Bertz CT molecular complexity index is 260. The summed E-state index contributed by atoms with van der Waals surface area (Å²) in [6.45, 7) is 0.501. The number of carboxylic acid groups (broad SMARTS) is 3. The summed E-state index contributed by atoms with van der Waals surface area (Å²) in [6.07, 6.45) is -0.291. The molecule has 0 rings (SSSR count).